The lowest BCUT2D eigenvalue weighted by Gasteiger charge is -2.20. The molecule has 48 valence electrons. The maximum absolute atomic E-state index is 2.39. The van der Waals surface area contributed by atoms with E-state index in [1.54, 1.807) is 16.7 Å². The Kier molecular flexibility index (Phi) is 0.879. The molecule has 0 aromatic rings. The van der Waals surface area contributed by atoms with Crippen LogP contribution in [0.1, 0.15) is 26.7 Å². The zero-order chi connectivity index (χ0) is 6.43. The van der Waals surface area contributed by atoms with Gasteiger partial charge in [0.2, 0.25) is 0 Å². The normalized spacial score (nSPS) is 31.8. The molecule has 0 radical (unpaired) electrons. The smallest absolute Gasteiger partial charge is 0.00398 e. The van der Waals surface area contributed by atoms with E-state index in [0.717, 1.165) is 5.92 Å². The minimum absolute atomic E-state index is 0.772. The van der Waals surface area contributed by atoms with Crippen molar-refractivity contribution >= 4 is 0 Å². The summed E-state index contributed by atoms with van der Waals surface area (Å²) in [4.78, 5) is 0. The minimum Gasteiger partial charge on any atom is -0.0744 e. The second-order valence-electron chi connectivity index (χ2n) is 3.14. The van der Waals surface area contributed by atoms with E-state index in [9.17, 15) is 0 Å². The fraction of sp³-hybridized carbons (Fsp3) is 0.556. The lowest BCUT2D eigenvalue weighted by Crippen LogP contribution is -2.03. The van der Waals surface area contributed by atoms with Crippen LogP contribution in [0.3, 0.4) is 0 Å². The van der Waals surface area contributed by atoms with E-state index in [1.807, 2.05) is 0 Å². The van der Waals surface area contributed by atoms with Crippen LogP contribution in [0.15, 0.2) is 22.8 Å². The number of allylic oxidation sites excluding steroid dienone is 4. The third-order valence-electron chi connectivity index (χ3n) is 2.56. The summed E-state index contributed by atoms with van der Waals surface area (Å²) in [6.45, 7) is 4.53. The van der Waals surface area contributed by atoms with Gasteiger partial charge in [-0.05, 0) is 31.3 Å². The summed E-state index contributed by atoms with van der Waals surface area (Å²) < 4.78 is 0. The molecule has 0 fully saturated rings. The van der Waals surface area contributed by atoms with Crippen LogP contribution in [-0.4, -0.2) is 0 Å². The summed E-state index contributed by atoms with van der Waals surface area (Å²) >= 11 is 0. The summed E-state index contributed by atoms with van der Waals surface area (Å²) in [5.74, 6) is 0.772. The molecule has 0 nitrogen and oxygen atoms in total. The van der Waals surface area contributed by atoms with Crippen molar-refractivity contribution in [2.75, 3.05) is 0 Å². The fourth-order valence-corrected chi connectivity index (χ4v) is 1.92. The molecule has 1 atom stereocenters. The van der Waals surface area contributed by atoms with Gasteiger partial charge in [0.1, 0.15) is 0 Å². The Bertz CT molecular complexity index is 206. The Morgan fingerprint density at radius 3 is 2.44 bits per heavy atom. The van der Waals surface area contributed by atoms with Crippen molar-refractivity contribution in [1.29, 1.82) is 0 Å². The molecule has 0 bridgehead atoms. The molecule has 0 amide bonds. The second kappa shape index (κ2) is 1.50. The molecule has 2 aliphatic rings. The van der Waals surface area contributed by atoms with Crippen molar-refractivity contribution in [2.24, 2.45) is 5.92 Å². The third-order valence-corrected chi connectivity index (χ3v) is 2.56. The van der Waals surface area contributed by atoms with Crippen LogP contribution in [-0.2, 0) is 0 Å². The Morgan fingerprint density at radius 1 is 1.44 bits per heavy atom. The monoisotopic (exact) mass is 120 g/mol. The van der Waals surface area contributed by atoms with Gasteiger partial charge in [-0.25, -0.2) is 0 Å². The Balaban J connectivity index is 2.41. The predicted octanol–water partition coefficient (Wildman–Crippen LogP) is 2.67. The first kappa shape index (κ1) is 5.28. The highest BCUT2D eigenvalue weighted by molar-refractivity contribution is 5.48. The average molecular weight is 120 g/mol. The highest BCUT2D eigenvalue weighted by atomic mass is 14.3. The summed E-state index contributed by atoms with van der Waals surface area (Å²) in [5, 5.41) is 0. The highest BCUT2D eigenvalue weighted by Crippen LogP contribution is 2.43. The molecular formula is C9H12. The summed E-state index contributed by atoms with van der Waals surface area (Å²) in [5.41, 5.74) is 4.93. The van der Waals surface area contributed by atoms with Crippen LogP contribution >= 0.6 is 0 Å². The van der Waals surface area contributed by atoms with Gasteiger partial charge < -0.3 is 0 Å². The van der Waals surface area contributed by atoms with Crippen LogP contribution < -0.4 is 0 Å². The zero-order valence-electron chi connectivity index (χ0n) is 6.07. The molecule has 0 spiro atoms. The highest BCUT2D eigenvalue weighted by Gasteiger charge is 2.26. The molecular weight excluding hydrogens is 108 g/mol. The van der Waals surface area contributed by atoms with E-state index in [0.29, 0.717) is 0 Å². The minimum atomic E-state index is 0.772. The fourth-order valence-electron chi connectivity index (χ4n) is 1.92. The molecule has 1 unspecified atom stereocenters. The van der Waals surface area contributed by atoms with Crippen molar-refractivity contribution in [3.05, 3.63) is 22.8 Å². The van der Waals surface area contributed by atoms with Crippen LogP contribution in [0.5, 0.6) is 0 Å². The van der Waals surface area contributed by atoms with Crippen molar-refractivity contribution < 1.29 is 0 Å². The van der Waals surface area contributed by atoms with E-state index in [4.69, 9.17) is 0 Å². The van der Waals surface area contributed by atoms with E-state index in [-0.39, 0.29) is 0 Å². The molecule has 0 saturated heterocycles. The number of hydrogen-bond donors (Lipinski definition) is 0. The lowest BCUT2D eigenvalue weighted by molar-refractivity contribution is 0.717. The van der Waals surface area contributed by atoms with E-state index < -0.39 is 0 Å². The summed E-state index contributed by atoms with van der Waals surface area (Å²) in [6.07, 6.45) is 5.10. The first-order valence-electron chi connectivity index (χ1n) is 3.70. The molecule has 0 heteroatoms. The van der Waals surface area contributed by atoms with E-state index >= 15 is 0 Å². The van der Waals surface area contributed by atoms with E-state index in [2.05, 4.69) is 19.9 Å². The second-order valence-corrected chi connectivity index (χ2v) is 3.14. The van der Waals surface area contributed by atoms with Gasteiger partial charge >= 0.3 is 0 Å². The number of rotatable bonds is 0. The topological polar surface area (TPSA) is 0 Å². The summed E-state index contributed by atoms with van der Waals surface area (Å²) in [7, 11) is 0. The Morgan fingerprint density at radius 2 is 2.22 bits per heavy atom. The Labute approximate surface area is 56.3 Å². The van der Waals surface area contributed by atoms with Gasteiger partial charge in [-0.3, -0.25) is 0 Å². The van der Waals surface area contributed by atoms with Crippen LogP contribution in [0.25, 0.3) is 0 Å². The van der Waals surface area contributed by atoms with Gasteiger partial charge in [0.25, 0.3) is 0 Å². The maximum Gasteiger partial charge on any atom is -0.00398 e. The first-order valence-corrected chi connectivity index (χ1v) is 3.70. The lowest BCUT2D eigenvalue weighted by atomic mass is 9.85. The molecule has 2 rings (SSSR count). The molecule has 2 aliphatic carbocycles. The zero-order valence-corrected chi connectivity index (χ0v) is 6.07. The predicted molar refractivity (Wildman–Crippen MR) is 39.2 cm³/mol. The Hall–Kier alpha value is -0.520. The van der Waals surface area contributed by atoms with Gasteiger partial charge in [0.05, 0.1) is 0 Å². The van der Waals surface area contributed by atoms with Gasteiger partial charge in [-0.15, -0.1) is 0 Å². The number of hydrogen-bond acceptors (Lipinski definition) is 0. The van der Waals surface area contributed by atoms with Gasteiger partial charge in [-0.1, -0.05) is 24.1 Å². The third kappa shape index (κ3) is 0.536. The first-order chi connectivity index (χ1) is 4.29. The van der Waals surface area contributed by atoms with Gasteiger partial charge in [-0.2, -0.15) is 0 Å². The average Bonchev–Trinajstić information content (AvgIpc) is 1.73. The molecule has 0 heterocycles. The van der Waals surface area contributed by atoms with Crippen molar-refractivity contribution in [3.8, 4) is 0 Å². The molecule has 0 N–H and O–H groups in total. The molecule has 0 aromatic carbocycles. The standard InChI is InChI=1S/C9H12/c1-6-5-7(2)9-4-3-8(6)9/h5-6H,3-4H2,1-2H3. The van der Waals surface area contributed by atoms with Crippen LogP contribution in [0.4, 0.5) is 0 Å². The molecule has 0 aromatic heterocycles. The van der Waals surface area contributed by atoms with Crippen LogP contribution in [0.2, 0.25) is 0 Å². The molecule has 0 saturated carbocycles. The molecule has 0 aliphatic heterocycles. The van der Waals surface area contributed by atoms with Crippen molar-refractivity contribution in [2.45, 2.75) is 26.7 Å². The van der Waals surface area contributed by atoms with Crippen LogP contribution in [0, 0.1) is 5.92 Å². The summed E-state index contributed by atoms with van der Waals surface area (Å²) in [6, 6.07) is 0. The quantitative estimate of drug-likeness (QED) is 0.461. The van der Waals surface area contributed by atoms with Gasteiger partial charge in [0, 0.05) is 0 Å². The maximum atomic E-state index is 2.39. The SMILES string of the molecule is CC1=CC(C)C2=C1CC2. The van der Waals surface area contributed by atoms with E-state index in [1.165, 1.54) is 12.8 Å². The van der Waals surface area contributed by atoms with Crippen molar-refractivity contribution in [1.82, 2.24) is 0 Å². The van der Waals surface area contributed by atoms with Gasteiger partial charge in [0.15, 0.2) is 0 Å². The largest absolute Gasteiger partial charge is 0.0744 e. The van der Waals surface area contributed by atoms with Crippen molar-refractivity contribution in [3.63, 3.8) is 0 Å². The molecule has 9 heavy (non-hydrogen) atoms.